The van der Waals surface area contributed by atoms with Crippen LogP contribution in [0.5, 0.6) is 0 Å². The molecule has 0 spiro atoms. The summed E-state index contributed by atoms with van der Waals surface area (Å²) in [6.07, 6.45) is 1.77. The second kappa shape index (κ2) is 3.49. The van der Waals surface area contributed by atoms with E-state index in [1.54, 1.807) is 10.9 Å². The van der Waals surface area contributed by atoms with Gasteiger partial charge < -0.3 is 5.73 Å². The monoisotopic (exact) mass is 188 g/mol. The van der Waals surface area contributed by atoms with E-state index in [1.807, 2.05) is 31.2 Å². The fourth-order valence-electron chi connectivity index (χ4n) is 1.34. The summed E-state index contributed by atoms with van der Waals surface area (Å²) in [6, 6.07) is 7.65. The first kappa shape index (κ1) is 8.74. The van der Waals surface area contributed by atoms with Crippen LogP contribution in [-0.4, -0.2) is 14.8 Å². The number of aromatic nitrogens is 3. The van der Waals surface area contributed by atoms with Gasteiger partial charge in [0.05, 0.1) is 17.9 Å². The van der Waals surface area contributed by atoms with E-state index in [9.17, 15) is 0 Å². The van der Waals surface area contributed by atoms with Gasteiger partial charge in [-0.2, -0.15) is 5.10 Å². The minimum Gasteiger partial charge on any atom is -0.384 e. The first-order valence-electron chi connectivity index (χ1n) is 4.45. The molecule has 0 aliphatic heterocycles. The summed E-state index contributed by atoms with van der Waals surface area (Å²) >= 11 is 0. The van der Waals surface area contributed by atoms with Gasteiger partial charge in [0.2, 0.25) is 0 Å². The molecule has 2 N–H and O–H groups in total. The van der Waals surface area contributed by atoms with Gasteiger partial charge in [0.25, 0.3) is 0 Å². The SMILES string of the molecule is Cc1cc(N)n(Cc2ccccn2)n1. The normalized spacial score (nSPS) is 10.4. The van der Waals surface area contributed by atoms with Crippen molar-refractivity contribution in [2.75, 3.05) is 5.73 Å². The molecule has 0 saturated carbocycles. The van der Waals surface area contributed by atoms with Crippen LogP contribution >= 0.6 is 0 Å². The Labute approximate surface area is 82.4 Å². The maximum Gasteiger partial charge on any atom is 0.122 e. The number of nitrogens with zero attached hydrogens (tertiary/aromatic N) is 3. The molecule has 0 atom stereocenters. The van der Waals surface area contributed by atoms with Gasteiger partial charge in [-0.05, 0) is 19.1 Å². The van der Waals surface area contributed by atoms with Gasteiger partial charge in [-0.25, -0.2) is 4.68 Å². The third kappa shape index (κ3) is 1.74. The summed E-state index contributed by atoms with van der Waals surface area (Å²) in [4.78, 5) is 4.21. The minimum absolute atomic E-state index is 0.626. The first-order valence-corrected chi connectivity index (χ1v) is 4.45. The number of hydrogen-bond donors (Lipinski definition) is 1. The molecule has 72 valence electrons. The van der Waals surface area contributed by atoms with Gasteiger partial charge in [0.1, 0.15) is 5.82 Å². The lowest BCUT2D eigenvalue weighted by Crippen LogP contribution is -2.06. The summed E-state index contributed by atoms with van der Waals surface area (Å²) in [5, 5.41) is 4.26. The standard InChI is InChI=1S/C10H12N4/c1-8-6-10(11)14(13-8)7-9-4-2-3-5-12-9/h2-6H,7,11H2,1H3. The topological polar surface area (TPSA) is 56.7 Å². The van der Waals surface area contributed by atoms with Gasteiger partial charge in [-0.1, -0.05) is 6.07 Å². The summed E-state index contributed by atoms with van der Waals surface area (Å²) in [6.45, 7) is 2.55. The molecule has 0 unspecified atom stereocenters. The van der Waals surface area contributed by atoms with Crippen molar-refractivity contribution < 1.29 is 0 Å². The van der Waals surface area contributed by atoms with Gasteiger partial charge in [-0.3, -0.25) is 4.98 Å². The maximum absolute atomic E-state index is 5.76. The van der Waals surface area contributed by atoms with Gasteiger partial charge in [0, 0.05) is 12.3 Å². The second-order valence-corrected chi connectivity index (χ2v) is 3.19. The van der Waals surface area contributed by atoms with Gasteiger partial charge in [0.15, 0.2) is 0 Å². The van der Waals surface area contributed by atoms with Crippen molar-refractivity contribution in [2.45, 2.75) is 13.5 Å². The quantitative estimate of drug-likeness (QED) is 0.770. The molecule has 2 aromatic heterocycles. The van der Waals surface area contributed by atoms with Crippen molar-refractivity contribution >= 4 is 5.82 Å². The Kier molecular flexibility index (Phi) is 2.18. The summed E-state index contributed by atoms with van der Waals surface area (Å²) < 4.78 is 1.75. The molecule has 2 heterocycles. The number of pyridine rings is 1. The summed E-state index contributed by atoms with van der Waals surface area (Å²) in [5.41, 5.74) is 7.65. The second-order valence-electron chi connectivity index (χ2n) is 3.19. The maximum atomic E-state index is 5.76. The molecule has 4 heteroatoms. The Hall–Kier alpha value is -1.84. The van der Waals surface area contributed by atoms with Crippen molar-refractivity contribution in [3.63, 3.8) is 0 Å². The van der Waals surface area contributed by atoms with Crippen LogP contribution < -0.4 is 5.73 Å². The highest BCUT2D eigenvalue weighted by atomic mass is 15.3. The van der Waals surface area contributed by atoms with Crippen LogP contribution in [0.4, 0.5) is 5.82 Å². The average molecular weight is 188 g/mol. The molecular formula is C10H12N4. The third-order valence-electron chi connectivity index (χ3n) is 1.97. The number of nitrogens with two attached hydrogens (primary N) is 1. The number of aryl methyl sites for hydroxylation is 1. The molecule has 0 aliphatic carbocycles. The highest BCUT2D eigenvalue weighted by molar-refractivity contribution is 5.30. The third-order valence-corrected chi connectivity index (χ3v) is 1.97. The average Bonchev–Trinajstić information content (AvgIpc) is 2.47. The Balaban J connectivity index is 2.23. The van der Waals surface area contributed by atoms with E-state index in [1.165, 1.54) is 0 Å². The van der Waals surface area contributed by atoms with E-state index in [4.69, 9.17) is 5.73 Å². The zero-order valence-electron chi connectivity index (χ0n) is 8.01. The lowest BCUT2D eigenvalue weighted by molar-refractivity contribution is 0.675. The Bertz CT molecular complexity index is 419. The van der Waals surface area contributed by atoms with Crippen LogP contribution in [0, 0.1) is 6.92 Å². The van der Waals surface area contributed by atoms with Crippen molar-refractivity contribution in [1.29, 1.82) is 0 Å². The van der Waals surface area contributed by atoms with Crippen LogP contribution in [0.2, 0.25) is 0 Å². The number of anilines is 1. The Morgan fingerprint density at radius 1 is 1.43 bits per heavy atom. The highest BCUT2D eigenvalue weighted by Crippen LogP contribution is 2.07. The lowest BCUT2D eigenvalue weighted by Gasteiger charge is -2.02. The lowest BCUT2D eigenvalue weighted by atomic mass is 10.3. The molecule has 0 saturated heterocycles. The van der Waals surface area contributed by atoms with Crippen LogP contribution in [0.1, 0.15) is 11.4 Å². The van der Waals surface area contributed by atoms with Crippen molar-refractivity contribution in [3.05, 3.63) is 41.9 Å². The van der Waals surface area contributed by atoms with Gasteiger partial charge >= 0.3 is 0 Å². The van der Waals surface area contributed by atoms with E-state index in [-0.39, 0.29) is 0 Å². The molecule has 0 aliphatic rings. The zero-order chi connectivity index (χ0) is 9.97. The van der Waals surface area contributed by atoms with Crippen LogP contribution in [0.25, 0.3) is 0 Å². The minimum atomic E-state index is 0.626. The van der Waals surface area contributed by atoms with E-state index < -0.39 is 0 Å². The molecular weight excluding hydrogens is 176 g/mol. The predicted octanol–water partition coefficient (Wildman–Crippen LogP) is 1.22. The molecule has 0 radical (unpaired) electrons. The summed E-state index contributed by atoms with van der Waals surface area (Å²) in [7, 11) is 0. The number of rotatable bonds is 2. The number of hydrogen-bond acceptors (Lipinski definition) is 3. The smallest absolute Gasteiger partial charge is 0.122 e. The van der Waals surface area contributed by atoms with Gasteiger partial charge in [-0.15, -0.1) is 0 Å². The Morgan fingerprint density at radius 2 is 2.29 bits per heavy atom. The summed E-state index contributed by atoms with van der Waals surface area (Å²) in [5.74, 6) is 0.674. The number of nitrogen functional groups attached to an aromatic ring is 1. The molecule has 2 aromatic rings. The molecule has 4 nitrogen and oxygen atoms in total. The van der Waals surface area contributed by atoms with Crippen molar-refractivity contribution in [3.8, 4) is 0 Å². The first-order chi connectivity index (χ1) is 6.75. The zero-order valence-corrected chi connectivity index (χ0v) is 8.01. The van der Waals surface area contributed by atoms with E-state index in [2.05, 4.69) is 10.1 Å². The molecule has 2 rings (SSSR count). The van der Waals surface area contributed by atoms with Crippen molar-refractivity contribution in [1.82, 2.24) is 14.8 Å². The van der Waals surface area contributed by atoms with E-state index in [0.29, 0.717) is 12.4 Å². The Morgan fingerprint density at radius 3 is 2.86 bits per heavy atom. The van der Waals surface area contributed by atoms with Crippen LogP contribution in [-0.2, 0) is 6.54 Å². The predicted molar refractivity (Wildman–Crippen MR) is 54.7 cm³/mol. The van der Waals surface area contributed by atoms with Crippen LogP contribution in [0.15, 0.2) is 30.5 Å². The largest absolute Gasteiger partial charge is 0.384 e. The molecule has 0 amide bonds. The highest BCUT2D eigenvalue weighted by Gasteiger charge is 2.02. The fraction of sp³-hybridized carbons (Fsp3) is 0.200. The van der Waals surface area contributed by atoms with E-state index >= 15 is 0 Å². The molecule has 0 bridgehead atoms. The van der Waals surface area contributed by atoms with E-state index in [0.717, 1.165) is 11.4 Å². The molecule has 14 heavy (non-hydrogen) atoms. The molecule has 0 aromatic carbocycles. The molecule has 0 fully saturated rings. The van der Waals surface area contributed by atoms with Crippen molar-refractivity contribution in [2.24, 2.45) is 0 Å². The fourth-order valence-corrected chi connectivity index (χ4v) is 1.34. The van der Waals surface area contributed by atoms with Crippen LogP contribution in [0.3, 0.4) is 0 Å².